The molecule has 10 nitrogen and oxygen atoms in total. The van der Waals surface area contributed by atoms with Crippen LogP contribution in [0.25, 0.3) is 32.9 Å². The first-order valence-corrected chi connectivity index (χ1v) is 16.8. The second kappa shape index (κ2) is 12.8. The number of halogens is 2. The van der Waals surface area contributed by atoms with E-state index in [1.165, 1.54) is 36.5 Å². The van der Waals surface area contributed by atoms with Crippen molar-refractivity contribution in [3.63, 3.8) is 0 Å². The van der Waals surface area contributed by atoms with Gasteiger partial charge in [-0.25, -0.2) is 8.78 Å². The molecule has 1 amide bonds. The van der Waals surface area contributed by atoms with Gasteiger partial charge in [0.15, 0.2) is 5.82 Å². The van der Waals surface area contributed by atoms with Gasteiger partial charge in [0.05, 0.1) is 28.0 Å². The molecule has 12 heteroatoms. The Morgan fingerprint density at radius 2 is 2.00 bits per heavy atom. The van der Waals surface area contributed by atoms with Crippen LogP contribution in [0.1, 0.15) is 51.0 Å². The van der Waals surface area contributed by atoms with Crippen molar-refractivity contribution in [2.24, 2.45) is 5.41 Å². The van der Waals surface area contributed by atoms with Gasteiger partial charge in [-0.3, -0.25) is 14.7 Å². The van der Waals surface area contributed by atoms with E-state index >= 15 is 4.39 Å². The first-order valence-electron chi connectivity index (χ1n) is 16.8. The monoisotopic (exact) mass is 677 g/mol. The van der Waals surface area contributed by atoms with E-state index in [4.69, 9.17) is 16.1 Å². The minimum atomic E-state index is -0.829. The largest absolute Gasteiger partial charge is 0.508 e. The number of terminal acetylenes is 1. The number of pyridine rings is 1. The number of nitrogens with one attached hydrogen (secondary N) is 1. The molecule has 5 heterocycles. The number of benzene rings is 2. The van der Waals surface area contributed by atoms with Gasteiger partial charge in [0.2, 0.25) is 5.91 Å². The van der Waals surface area contributed by atoms with Gasteiger partial charge < -0.3 is 20.1 Å². The number of hydrogen-bond acceptors (Lipinski definition) is 9. The first kappa shape index (κ1) is 33.2. The summed E-state index contributed by atoms with van der Waals surface area (Å²) in [4.78, 5) is 30.7. The minimum Gasteiger partial charge on any atom is -0.508 e. The molecule has 3 fully saturated rings. The van der Waals surface area contributed by atoms with Crippen LogP contribution in [0.5, 0.6) is 11.8 Å². The summed E-state index contributed by atoms with van der Waals surface area (Å²) in [5.41, 5.74) is -1.13. The Kier molecular flexibility index (Phi) is 8.53. The Balaban J connectivity index is 1.39. The molecule has 0 radical (unpaired) electrons. The highest BCUT2D eigenvalue weighted by atomic mass is 19.1. The lowest BCUT2D eigenvalue weighted by molar-refractivity contribution is -0.117. The number of phenols is 1. The molecule has 0 spiro atoms. The number of amides is 1. The molecule has 3 aliphatic rings. The second-order valence-electron chi connectivity index (χ2n) is 13.9. The maximum absolute atomic E-state index is 17.0. The maximum Gasteiger partial charge on any atom is 0.319 e. The fraction of sp³-hybridized carbons (Fsp3) is 0.395. The fourth-order valence-corrected chi connectivity index (χ4v) is 8.03. The molecule has 0 unspecified atom stereocenters. The summed E-state index contributed by atoms with van der Waals surface area (Å²) in [6.45, 7) is 8.39. The van der Waals surface area contributed by atoms with Crippen LogP contribution in [-0.4, -0.2) is 75.2 Å². The molecule has 50 heavy (non-hydrogen) atoms. The summed E-state index contributed by atoms with van der Waals surface area (Å²) in [5, 5.41) is 24.5. The molecule has 2 aromatic heterocycles. The normalized spacial score (nSPS) is 21.7. The van der Waals surface area contributed by atoms with E-state index in [2.05, 4.69) is 38.8 Å². The van der Waals surface area contributed by atoms with Gasteiger partial charge in [-0.1, -0.05) is 18.6 Å². The number of hydrogen-bond donors (Lipinski definition) is 2. The van der Waals surface area contributed by atoms with Crippen molar-refractivity contribution in [2.45, 2.75) is 57.0 Å². The summed E-state index contributed by atoms with van der Waals surface area (Å²) < 4.78 is 38.3. The van der Waals surface area contributed by atoms with E-state index in [1.807, 2.05) is 11.8 Å². The molecular weight excluding hydrogens is 640 g/mol. The third kappa shape index (κ3) is 5.84. The fourth-order valence-electron chi connectivity index (χ4n) is 8.03. The number of phenolic OH excluding ortho intramolecular Hbond substituents is 1. The topological polar surface area (TPSA) is 128 Å². The number of nitriles is 1. The number of fused-ring (bicyclic) bond motifs is 3. The average Bonchev–Trinajstić information content (AvgIpc) is 3.65. The molecule has 0 aliphatic carbocycles. The highest BCUT2D eigenvalue weighted by Crippen LogP contribution is 2.41. The number of aromatic nitrogens is 3. The van der Waals surface area contributed by atoms with Crippen molar-refractivity contribution in [2.75, 3.05) is 37.7 Å². The van der Waals surface area contributed by atoms with Crippen LogP contribution >= 0.6 is 0 Å². The number of aromatic hydroxyl groups is 1. The Bertz CT molecular complexity index is 2120. The lowest BCUT2D eigenvalue weighted by Crippen LogP contribution is -2.44. The molecule has 0 bridgehead atoms. The predicted molar refractivity (Wildman–Crippen MR) is 185 cm³/mol. The zero-order valence-corrected chi connectivity index (χ0v) is 27.8. The third-order valence-corrected chi connectivity index (χ3v) is 10.5. The van der Waals surface area contributed by atoms with Crippen molar-refractivity contribution in [1.29, 1.82) is 5.26 Å². The number of nitrogens with zero attached hydrogens (tertiary/aromatic N) is 6. The average molecular weight is 678 g/mol. The quantitative estimate of drug-likeness (QED) is 0.189. The van der Waals surface area contributed by atoms with Crippen LogP contribution in [0, 0.1) is 40.7 Å². The SMILES string of the molecule is C#Cc1c(F)ccc2cc(O)cc(-c3ncc4c(N5CC[C@@](C)(C#N)C[C@@H](NC(=O)C=C)C5)nc(OCC56CCCN5CCC6)nc4c3F)c12. The standard InChI is InChI=1S/C38H37F2N7O3/c1-4-26-29(39)9-8-23-16-25(48)17-27(31(23)26)33-32(40)34-28(19-42-33)35(45-36(44-34)50-22-38-10-6-13-47(38)14-7-11-38)46-15-12-37(3,21-41)18-24(20-46)43-30(49)5-2/h1,5,8-9,16-17,19,24,48H,2,6-7,10-15,18,20,22H2,3H3,(H,43,49)/t24-,37-/m1/s1. The summed E-state index contributed by atoms with van der Waals surface area (Å²) in [6, 6.07) is 7.33. The van der Waals surface area contributed by atoms with Crippen molar-refractivity contribution in [1.82, 2.24) is 25.2 Å². The summed E-state index contributed by atoms with van der Waals surface area (Å²) in [5.74, 6) is 0.665. The predicted octanol–water partition coefficient (Wildman–Crippen LogP) is 5.62. The van der Waals surface area contributed by atoms with Gasteiger partial charge in [-0.15, -0.1) is 6.42 Å². The van der Waals surface area contributed by atoms with Crippen LogP contribution in [0.15, 0.2) is 43.1 Å². The molecule has 3 aliphatic heterocycles. The van der Waals surface area contributed by atoms with Gasteiger partial charge in [-0.05, 0) is 88.2 Å². The second-order valence-corrected chi connectivity index (χ2v) is 13.9. The van der Waals surface area contributed by atoms with E-state index in [9.17, 15) is 19.6 Å². The van der Waals surface area contributed by atoms with Crippen molar-refractivity contribution in [3.8, 4) is 41.4 Å². The van der Waals surface area contributed by atoms with Gasteiger partial charge in [0, 0.05) is 36.3 Å². The zero-order chi connectivity index (χ0) is 35.2. The molecule has 4 aromatic rings. The van der Waals surface area contributed by atoms with Gasteiger partial charge in [0.1, 0.15) is 35.2 Å². The highest BCUT2D eigenvalue weighted by Gasteiger charge is 2.45. The number of rotatable bonds is 7. The van der Waals surface area contributed by atoms with E-state index in [0.717, 1.165) is 38.8 Å². The molecule has 2 aromatic carbocycles. The van der Waals surface area contributed by atoms with Crippen molar-refractivity contribution < 1.29 is 23.4 Å². The number of anilines is 1. The Labute approximate surface area is 288 Å². The highest BCUT2D eigenvalue weighted by molar-refractivity contribution is 6.03. The lowest BCUT2D eigenvalue weighted by Gasteiger charge is -2.31. The van der Waals surface area contributed by atoms with E-state index in [-0.39, 0.29) is 62.9 Å². The summed E-state index contributed by atoms with van der Waals surface area (Å²) in [7, 11) is 0. The van der Waals surface area contributed by atoms with Crippen molar-refractivity contribution >= 4 is 33.4 Å². The van der Waals surface area contributed by atoms with Crippen LogP contribution in [0.4, 0.5) is 14.6 Å². The van der Waals surface area contributed by atoms with E-state index in [0.29, 0.717) is 37.2 Å². The first-order chi connectivity index (χ1) is 24.1. The molecule has 7 rings (SSSR count). The smallest absolute Gasteiger partial charge is 0.319 e. The molecule has 256 valence electrons. The van der Waals surface area contributed by atoms with Gasteiger partial charge in [0.25, 0.3) is 0 Å². The number of carbonyl (C=O) groups excluding carboxylic acids is 1. The lowest BCUT2D eigenvalue weighted by atomic mass is 9.83. The molecule has 0 saturated carbocycles. The molecular formula is C38H37F2N7O3. The number of ether oxygens (including phenoxy) is 1. The van der Waals surface area contributed by atoms with E-state index < -0.39 is 23.1 Å². The van der Waals surface area contributed by atoms with Gasteiger partial charge in [-0.2, -0.15) is 15.2 Å². The minimum absolute atomic E-state index is 0.0215. The van der Waals surface area contributed by atoms with Crippen LogP contribution < -0.4 is 15.0 Å². The Hall–Kier alpha value is -5.33. The maximum atomic E-state index is 17.0. The number of carbonyl (C=O) groups is 1. The summed E-state index contributed by atoms with van der Waals surface area (Å²) >= 11 is 0. The zero-order valence-electron chi connectivity index (χ0n) is 27.8. The van der Waals surface area contributed by atoms with Gasteiger partial charge >= 0.3 is 6.01 Å². The van der Waals surface area contributed by atoms with Crippen LogP contribution in [-0.2, 0) is 4.79 Å². The molecule has 2 atom stereocenters. The molecule has 2 N–H and O–H groups in total. The van der Waals surface area contributed by atoms with E-state index in [1.54, 1.807) is 0 Å². The van der Waals surface area contributed by atoms with Crippen LogP contribution in [0.2, 0.25) is 0 Å². The van der Waals surface area contributed by atoms with Crippen molar-refractivity contribution in [3.05, 3.63) is 60.3 Å². The van der Waals surface area contributed by atoms with Crippen LogP contribution in [0.3, 0.4) is 0 Å². The Morgan fingerprint density at radius 3 is 2.72 bits per heavy atom. The summed E-state index contributed by atoms with van der Waals surface area (Å²) in [6.07, 6.45) is 13.3. The Morgan fingerprint density at radius 1 is 1.22 bits per heavy atom. The molecule has 3 saturated heterocycles. The third-order valence-electron chi connectivity index (χ3n) is 10.5.